The average molecular weight is 446 g/mol. The smallest absolute Gasteiger partial charge is 0.273 e. The minimum Gasteiger partial charge on any atom is -0.496 e. The summed E-state index contributed by atoms with van der Waals surface area (Å²) in [4.78, 5) is 24.6. The number of carbonyl (C=O) groups excluding carboxylic acids is 2. The summed E-state index contributed by atoms with van der Waals surface area (Å²) in [6, 6.07) is 8.12. The fourth-order valence-corrected chi connectivity index (χ4v) is 3.46. The summed E-state index contributed by atoms with van der Waals surface area (Å²) in [6.45, 7) is 0. The monoisotopic (exact) mass is 445 g/mol. The Kier molecular flexibility index (Phi) is 6.89. The molecular weight excluding hydrogens is 429 g/mol. The molecule has 0 aliphatic carbocycles. The van der Waals surface area contributed by atoms with Crippen LogP contribution in [-0.2, 0) is 10.0 Å². The third-order valence-electron chi connectivity index (χ3n) is 3.66. The molecule has 2 N–H and O–H groups in total. The van der Waals surface area contributed by atoms with Crippen LogP contribution in [-0.4, -0.2) is 45.7 Å². The van der Waals surface area contributed by atoms with E-state index in [4.69, 9.17) is 27.9 Å². The highest BCUT2D eigenvalue weighted by molar-refractivity contribution is 7.89. The quantitative estimate of drug-likeness (QED) is 0.687. The summed E-state index contributed by atoms with van der Waals surface area (Å²) < 4.78 is 30.5. The number of ether oxygens (including phenoxy) is 1. The van der Waals surface area contributed by atoms with Gasteiger partial charge in [-0.1, -0.05) is 23.2 Å². The Hall–Kier alpha value is -2.33. The predicted molar refractivity (Wildman–Crippen MR) is 105 cm³/mol. The fraction of sp³-hybridized carbons (Fsp3) is 0.176. The molecule has 8 nitrogen and oxygen atoms in total. The number of amides is 2. The number of sulfonamides is 1. The van der Waals surface area contributed by atoms with Gasteiger partial charge in [-0.15, -0.1) is 0 Å². The van der Waals surface area contributed by atoms with Crippen LogP contribution >= 0.6 is 23.2 Å². The van der Waals surface area contributed by atoms with Crippen molar-refractivity contribution in [2.24, 2.45) is 0 Å². The van der Waals surface area contributed by atoms with Gasteiger partial charge in [-0.3, -0.25) is 20.4 Å². The third kappa shape index (κ3) is 4.74. The molecule has 0 atom stereocenters. The predicted octanol–water partition coefficient (Wildman–Crippen LogP) is 2.33. The maximum Gasteiger partial charge on any atom is 0.273 e. The van der Waals surface area contributed by atoms with Gasteiger partial charge in [-0.05, 0) is 36.4 Å². The van der Waals surface area contributed by atoms with Crippen LogP contribution in [0.5, 0.6) is 5.75 Å². The molecule has 0 heterocycles. The Balaban J connectivity index is 2.22. The molecule has 0 spiro atoms. The molecule has 2 amide bonds. The summed E-state index contributed by atoms with van der Waals surface area (Å²) in [5.41, 5.74) is 4.38. The Morgan fingerprint density at radius 1 is 0.964 bits per heavy atom. The van der Waals surface area contributed by atoms with Crippen LogP contribution in [0.4, 0.5) is 0 Å². The average Bonchev–Trinajstić information content (AvgIpc) is 2.65. The Morgan fingerprint density at radius 2 is 1.57 bits per heavy atom. The van der Waals surface area contributed by atoms with Crippen molar-refractivity contribution in [3.05, 3.63) is 57.6 Å². The van der Waals surface area contributed by atoms with Gasteiger partial charge >= 0.3 is 0 Å². The lowest BCUT2D eigenvalue weighted by atomic mass is 10.2. The van der Waals surface area contributed by atoms with E-state index in [1.165, 1.54) is 45.5 Å². The molecule has 11 heteroatoms. The van der Waals surface area contributed by atoms with E-state index in [9.17, 15) is 18.0 Å². The molecule has 0 unspecified atom stereocenters. The van der Waals surface area contributed by atoms with Gasteiger partial charge in [0.2, 0.25) is 10.0 Å². The number of benzene rings is 2. The van der Waals surface area contributed by atoms with Gasteiger partial charge in [0.05, 0.1) is 28.2 Å². The van der Waals surface area contributed by atoms with Crippen LogP contribution in [0.15, 0.2) is 41.3 Å². The third-order valence-corrected chi connectivity index (χ3v) is 6.03. The number of carbonyl (C=O) groups is 2. The number of hydrogen-bond acceptors (Lipinski definition) is 5. The maximum absolute atomic E-state index is 12.4. The molecular formula is C17H17Cl2N3O5S. The van der Waals surface area contributed by atoms with Crippen molar-refractivity contribution in [3.63, 3.8) is 0 Å². The number of nitrogens with one attached hydrogen (secondary N) is 2. The molecule has 2 aromatic carbocycles. The van der Waals surface area contributed by atoms with E-state index in [1.807, 2.05) is 0 Å². The molecule has 2 rings (SSSR count). The minimum atomic E-state index is -3.76. The lowest BCUT2D eigenvalue weighted by Gasteiger charge is -2.14. The number of methoxy groups -OCH3 is 1. The van der Waals surface area contributed by atoms with Crippen molar-refractivity contribution in [1.82, 2.24) is 15.2 Å². The highest BCUT2D eigenvalue weighted by Crippen LogP contribution is 2.23. The molecule has 0 aromatic heterocycles. The second-order valence-corrected chi connectivity index (χ2v) is 8.68. The molecule has 0 bridgehead atoms. The van der Waals surface area contributed by atoms with Gasteiger partial charge in [0.15, 0.2) is 0 Å². The molecule has 0 fully saturated rings. The van der Waals surface area contributed by atoms with Crippen molar-refractivity contribution in [1.29, 1.82) is 0 Å². The first-order chi connectivity index (χ1) is 13.1. The molecule has 28 heavy (non-hydrogen) atoms. The topological polar surface area (TPSA) is 105 Å². The van der Waals surface area contributed by atoms with E-state index in [2.05, 4.69) is 10.9 Å². The van der Waals surface area contributed by atoms with Crippen molar-refractivity contribution >= 4 is 45.0 Å². The van der Waals surface area contributed by atoms with Crippen LogP contribution < -0.4 is 15.6 Å². The van der Waals surface area contributed by atoms with E-state index in [-0.39, 0.29) is 26.8 Å². The zero-order valence-corrected chi connectivity index (χ0v) is 17.4. The van der Waals surface area contributed by atoms with E-state index in [0.29, 0.717) is 5.02 Å². The van der Waals surface area contributed by atoms with Crippen LogP contribution in [0.3, 0.4) is 0 Å². The SMILES string of the molecule is COc1ccc(Cl)cc1C(=O)NNC(=O)c1cc(S(=O)(=O)N(C)C)ccc1Cl. The highest BCUT2D eigenvalue weighted by Gasteiger charge is 2.21. The number of hydrogen-bond donors (Lipinski definition) is 2. The summed E-state index contributed by atoms with van der Waals surface area (Å²) >= 11 is 11.9. The van der Waals surface area contributed by atoms with Crippen molar-refractivity contribution in [2.45, 2.75) is 4.90 Å². The van der Waals surface area contributed by atoms with E-state index in [1.54, 1.807) is 6.07 Å². The van der Waals surface area contributed by atoms with Gasteiger partial charge in [0.1, 0.15) is 5.75 Å². The van der Waals surface area contributed by atoms with Crippen molar-refractivity contribution in [3.8, 4) is 5.75 Å². The normalized spacial score (nSPS) is 11.2. The first-order valence-corrected chi connectivity index (χ1v) is 9.94. The first kappa shape index (κ1) is 22.0. The highest BCUT2D eigenvalue weighted by atomic mass is 35.5. The largest absolute Gasteiger partial charge is 0.496 e. The maximum atomic E-state index is 12.4. The van der Waals surface area contributed by atoms with Crippen LogP contribution in [0.25, 0.3) is 0 Å². The summed E-state index contributed by atoms with van der Waals surface area (Å²) in [7, 11) is 0.349. The Bertz CT molecular complexity index is 1030. The zero-order chi connectivity index (χ0) is 21.1. The Labute approximate surface area is 172 Å². The zero-order valence-electron chi connectivity index (χ0n) is 15.1. The van der Waals surface area contributed by atoms with Gasteiger partial charge < -0.3 is 4.74 Å². The second-order valence-electron chi connectivity index (χ2n) is 5.68. The lowest BCUT2D eigenvalue weighted by Crippen LogP contribution is -2.42. The summed E-state index contributed by atoms with van der Waals surface area (Å²) in [6.07, 6.45) is 0. The van der Waals surface area contributed by atoms with Gasteiger partial charge in [0.25, 0.3) is 11.8 Å². The number of nitrogens with zero attached hydrogens (tertiary/aromatic N) is 1. The Morgan fingerprint density at radius 3 is 2.14 bits per heavy atom. The molecule has 2 aromatic rings. The summed E-state index contributed by atoms with van der Waals surface area (Å²) in [5, 5.41) is 0.326. The van der Waals surface area contributed by atoms with E-state index < -0.39 is 21.8 Å². The minimum absolute atomic E-state index is 0.0183. The standard InChI is InChI=1S/C17H17Cl2N3O5S/c1-22(2)28(25,26)11-5-6-14(19)12(9-11)16(23)20-21-17(24)13-8-10(18)4-7-15(13)27-3/h4-9H,1-3H3,(H,20,23)(H,21,24). The first-order valence-electron chi connectivity index (χ1n) is 7.74. The molecule has 0 saturated heterocycles. The molecule has 0 saturated carbocycles. The molecule has 0 aliphatic rings. The van der Waals surface area contributed by atoms with Gasteiger partial charge in [0, 0.05) is 19.1 Å². The summed E-state index contributed by atoms with van der Waals surface area (Å²) in [5.74, 6) is -1.22. The van der Waals surface area contributed by atoms with Gasteiger partial charge in [-0.2, -0.15) is 0 Å². The molecule has 150 valence electrons. The second kappa shape index (κ2) is 8.78. The lowest BCUT2D eigenvalue weighted by molar-refractivity contribution is 0.0845. The van der Waals surface area contributed by atoms with E-state index in [0.717, 1.165) is 10.4 Å². The number of halogens is 2. The van der Waals surface area contributed by atoms with Crippen LogP contribution in [0, 0.1) is 0 Å². The van der Waals surface area contributed by atoms with Crippen molar-refractivity contribution in [2.75, 3.05) is 21.2 Å². The van der Waals surface area contributed by atoms with Gasteiger partial charge in [-0.25, -0.2) is 12.7 Å². The van der Waals surface area contributed by atoms with Crippen LogP contribution in [0.2, 0.25) is 10.0 Å². The molecule has 0 radical (unpaired) electrons. The number of rotatable bonds is 5. The fourth-order valence-electron chi connectivity index (χ4n) is 2.16. The van der Waals surface area contributed by atoms with E-state index >= 15 is 0 Å². The number of hydrazine groups is 1. The van der Waals surface area contributed by atoms with Crippen molar-refractivity contribution < 1.29 is 22.7 Å². The van der Waals surface area contributed by atoms with Crippen LogP contribution in [0.1, 0.15) is 20.7 Å². The molecule has 0 aliphatic heterocycles.